The molecule has 1 aromatic heterocycles. The zero-order chi connectivity index (χ0) is 22.2. The lowest BCUT2D eigenvalue weighted by molar-refractivity contribution is 0.0760. The molecular weight excluding hydrogens is 394 g/mol. The number of likely N-dealkylation sites (tertiary alicyclic amines) is 1. The SMILES string of the molecule is CCCCOc1ccc(C(=O)Nc2cc(C(=O)N3CCCCCC3)cn(C)c2=O)cc1. The third kappa shape index (κ3) is 5.96. The van der Waals surface area contributed by atoms with Crippen LogP contribution in [-0.2, 0) is 7.05 Å². The van der Waals surface area contributed by atoms with E-state index in [1.807, 2.05) is 4.90 Å². The van der Waals surface area contributed by atoms with Gasteiger partial charge in [0.05, 0.1) is 12.2 Å². The maximum absolute atomic E-state index is 13.0. The fourth-order valence-electron chi connectivity index (χ4n) is 3.61. The summed E-state index contributed by atoms with van der Waals surface area (Å²) < 4.78 is 6.95. The van der Waals surface area contributed by atoms with Gasteiger partial charge in [-0.1, -0.05) is 26.2 Å². The molecule has 7 nitrogen and oxygen atoms in total. The molecule has 1 fully saturated rings. The average Bonchev–Trinajstić information content (AvgIpc) is 3.06. The van der Waals surface area contributed by atoms with Crippen LogP contribution in [0.2, 0.25) is 0 Å². The lowest BCUT2D eigenvalue weighted by atomic mass is 10.2. The minimum atomic E-state index is -0.406. The zero-order valence-corrected chi connectivity index (χ0v) is 18.4. The van der Waals surface area contributed by atoms with Gasteiger partial charge >= 0.3 is 0 Å². The third-order valence-electron chi connectivity index (χ3n) is 5.45. The number of aromatic nitrogens is 1. The molecule has 31 heavy (non-hydrogen) atoms. The monoisotopic (exact) mass is 425 g/mol. The summed E-state index contributed by atoms with van der Waals surface area (Å²) in [6.45, 7) is 4.17. The van der Waals surface area contributed by atoms with Crippen molar-refractivity contribution in [1.82, 2.24) is 9.47 Å². The van der Waals surface area contributed by atoms with Gasteiger partial charge in [-0.05, 0) is 49.6 Å². The van der Waals surface area contributed by atoms with Gasteiger partial charge in [0, 0.05) is 31.9 Å². The Labute approximate surface area is 183 Å². The summed E-state index contributed by atoms with van der Waals surface area (Å²) in [6, 6.07) is 8.28. The number of carbonyl (C=O) groups excluding carboxylic acids is 2. The van der Waals surface area contributed by atoms with Crippen molar-refractivity contribution in [1.29, 1.82) is 0 Å². The number of carbonyl (C=O) groups is 2. The Morgan fingerprint density at radius 1 is 1.03 bits per heavy atom. The molecule has 2 aromatic rings. The van der Waals surface area contributed by atoms with Gasteiger partial charge in [-0.15, -0.1) is 0 Å². The van der Waals surface area contributed by atoms with Gasteiger partial charge in [0.15, 0.2) is 0 Å². The first-order chi connectivity index (χ1) is 15.0. The summed E-state index contributed by atoms with van der Waals surface area (Å²) >= 11 is 0. The molecule has 0 atom stereocenters. The molecule has 1 aliphatic heterocycles. The highest BCUT2D eigenvalue weighted by Crippen LogP contribution is 2.16. The Morgan fingerprint density at radius 3 is 2.35 bits per heavy atom. The van der Waals surface area contributed by atoms with Crippen molar-refractivity contribution in [2.45, 2.75) is 45.4 Å². The van der Waals surface area contributed by atoms with Crippen LogP contribution in [0.1, 0.15) is 66.2 Å². The van der Waals surface area contributed by atoms with Crippen molar-refractivity contribution >= 4 is 17.5 Å². The number of hydrogen-bond donors (Lipinski definition) is 1. The summed E-state index contributed by atoms with van der Waals surface area (Å²) in [4.78, 5) is 40.0. The lowest BCUT2D eigenvalue weighted by Gasteiger charge is -2.21. The quantitative estimate of drug-likeness (QED) is 0.684. The zero-order valence-electron chi connectivity index (χ0n) is 18.4. The fourth-order valence-corrected chi connectivity index (χ4v) is 3.61. The molecule has 2 amide bonds. The molecule has 1 aliphatic rings. The highest BCUT2D eigenvalue weighted by atomic mass is 16.5. The fraction of sp³-hybridized carbons (Fsp3) is 0.458. The Balaban J connectivity index is 1.74. The van der Waals surface area contributed by atoms with Gasteiger partial charge in [0.2, 0.25) is 0 Å². The van der Waals surface area contributed by atoms with Crippen molar-refractivity contribution in [2.24, 2.45) is 7.05 Å². The summed E-state index contributed by atoms with van der Waals surface area (Å²) in [6.07, 6.45) is 7.78. The Kier molecular flexibility index (Phi) is 7.87. The molecular formula is C24H31N3O4. The van der Waals surface area contributed by atoms with Gasteiger partial charge in [0.25, 0.3) is 17.4 Å². The molecule has 2 heterocycles. The minimum Gasteiger partial charge on any atom is -0.494 e. The number of hydrogen-bond acceptors (Lipinski definition) is 4. The van der Waals surface area contributed by atoms with E-state index in [2.05, 4.69) is 12.2 Å². The second-order valence-electron chi connectivity index (χ2n) is 7.95. The first kappa shape index (κ1) is 22.6. The molecule has 1 saturated heterocycles. The number of benzene rings is 1. The summed E-state index contributed by atoms with van der Waals surface area (Å²) in [7, 11) is 1.58. The third-order valence-corrected chi connectivity index (χ3v) is 5.45. The predicted molar refractivity (Wildman–Crippen MR) is 121 cm³/mol. The van der Waals surface area contributed by atoms with Crippen LogP contribution in [0.15, 0.2) is 41.3 Å². The lowest BCUT2D eigenvalue weighted by Crippen LogP contribution is -2.33. The van der Waals surface area contributed by atoms with Crippen molar-refractivity contribution < 1.29 is 14.3 Å². The number of aryl methyl sites for hydroxylation is 1. The van der Waals surface area contributed by atoms with Gasteiger partial charge in [-0.3, -0.25) is 14.4 Å². The highest BCUT2D eigenvalue weighted by Gasteiger charge is 2.20. The number of rotatable bonds is 7. The molecule has 0 spiro atoms. The van der Waals surface area contributed by atoms with Gasteiger partial charge in [0.1, 0.15) is 11.4 Å². The van der Waals surface area contributed by atoms with E-state index >= 15 is 0 Å². The van der Waals surface area contributed by atoms with Gasteiger partial charge < -0.3 is 19.5 Å². The van der Waals surface area contributed by atoms with Crippen LogP contribution in [0.25, 0.3) is 0 Å². The van der Waals surface area contributed by atoms with E-state index in [0.717, 1.165) is 51.6 Å². The smallest absolute Gasteiger partial charge is 0.274 e. The van der Waals surface area contributed by atoms with Gasteiger partial charge in [-0.25, -0.2) is 0 Å². The van der Waals surface area contributed by atoms with E-state index in [-0.39, 0.29) is 17.2 Å². The molecule has 0 saturated carbocycles. The van der Waals surface area contributed by atoms with Crippen LogP contribution in [0, 0.1) is 0 Å². The second-order valence-corrected chi connectivity index (χ2v) is 7.95. The number of anilines is 1. The van der Waals surface area contributed by atoms with Gasteiger partial charge in [-0.2, -0.15) is 0 Å². The highest BCUT2D eigenvalue weighted by molar-refractivity contribution is 6.05. The van der Waals surface area contributed by atoms with E-state index in [0.29, 0.717) is 23.5 Å². The second kappa shape index (κ2) is 10.8. The maximum atomic E-state index is 13.0. The van der Waals surface area contributed by atoms with Crippen molar-refractivity contribution in [3.63, 3.8) is 0 Å². The topological polar surface area (TPSA) is 80.6 Å². The summed E-state index contributed by atoms with van der Waals surface area (Å²) in [5.74, 6) is 0.184. The van der Waals surface area contributed by atoms with Crippen LogP contribution < -0.4 is 15.6 Å². The Hall–Kier alpha value is -3.09. The van der Waals surface area contributed by atoms with Crippen LogP contribution in [0.5, 0.6) is 5.75 Å². The predicted octanol–water partition coefficient (Wildman–Crippen LogP) is 3.83. The van der Waals surface area contributed by atoms with E-state index in [9.17, 15) is 14.4 Å². The molecule has 0 radical (unpaired) electrons. The average molecular weight is 426 g/mol. The van der Waals surface area contributed by atoms with Crippen molar-refractivity contribution in [3.8, 4) is 5.75 Å². The first-order valence-corrected chi connectivity index (χ1v) is 11.0. The number of nitrogens with zero attached hydrogens (tertiary/aromatic N) is 2. The number of ether oxygens (including phenoxy) is 1. The van der Waals surface area contributed by atoms with E-state index in [4.69, 9.17) is 4.74 Å². The van der Waals surface area contributed by atoms with Crippen molar-refractivity contribution in [3.05, 3.63) is 58.0 Å². The standard InChI is InChI=1S/C24H31N3O4/c1-3-4-15-31-20-11-9-18(10-12-20)22(28)25-21-16-19(17-26(2)24(21)30)23(29)27-13-7-5-6-8-14-27/h9-12,16-17H,3-8,13-15H2,1-2H3,(H,25,28). The Bertz CT molecular complexity index is 958. The molecule has 3 rings (SSSR count). The van der Waals surface area contributed by atoms with Crippen LogP contribution in [0.4, 0.5) is 5.69 Å². The number of nitrogens with one attached hydrogen (secondary N) is 1. The van der Waals surface area contributed by atoms with E-state index in [1.165, 1.54) is 16.8 Å². The number of pyridine rings is 1. The van der Waals surface area contributed by atoms with Crippen LogP contribution in [0.3, 0.4) is 0 Å². The van der Waals surface area contributed by atoms with E-state index < -0.39 is 5.91 Å². The number of unbranched alkanes of at least 4 members (excludes halogenated alkanes) is 1. The molecule has 7 heteroatoms. The maximum Gasteiger partial charge on any atom is 0.274 e. The summed E-state index contributed by atoms with van der Waals surface area (Å²) in [5, 5.41) is 2.67. The number of amides is 2. The first-order valence-electron chi connectivity index (χ1n) is 11.0. The molecule has 166 valence electrons. The normalized spacial score (nSPS) is 14.1. The molecule has 1 N–H and O–H groups in total. The minimum absolute atomic E-state index is 0.0939. The summed E-state index contributed by atoms with van der Waals surface area (Å²) in [5.41, 5.74) is 0.546. The molecule has 0 bridgehead atoms. The van der Waals surface area contributed by atoms with E-state index in [1.54, 1.807) is 31.3 Å². The molecule has 0 aliphatic carbocycles. The Morgan fingerprint density at radius 2 is 1.71 bits per heavy atom. The van der Waals surface area contributed by atoms with Crippen molar-refractivity contribution in [2.75, 3.05) is 25.0 Å². The van der Waals surface area contributed by atoms with Crippen LogP contribution >= 0.6 is 0 Å². The largest absolute Gasteiger partial charge is 0.494 e. The molecule has 0 unspecified atom stereocenters. The molecule has 1 aromatic carbocycles. The van der Waals surface area contributed by atoms with Crippen LogP contribution in [-0.4, -0.2) is 41.0 Å².